The molecule has 0 saturated carbocycles. The van der Waals surface area contributed by atoms with E-state index in [9.17, 15) is 9.59 Å². The van der Waals surface area contributed by atoms with E-state index in [-0.39, 0.29) is 30.3 Å². The van der Waals surface area contributed by atoms with Gasteiger partial charge in [0.15, 0.2) is 16.7 Å². The normalized spacial score (nSPS) is 14.8. The molecule has 0 fully saturated rings. The maximum Gasteiger partial charge on any atom is 0.257 e. The molecule has 0 saturated heterocycles. The first kappa shape index (κ1) is 21.5. The molecule has 2 heterocycles. The van der Waals surface area contributed by atoms with E-state index in [0.717, 1.165) is 11.1 Å². The van der Waals surface area contributed by atoms with Crippen LogP contribution in [0.25, 0.3) is 0 Å². The van der Waals surface area contributed by atoms with Crippen LogP contribution in [0.3, 0.4) is 0 Å². The number of methoxy groups -OCH3 is 1. The van der Waals surface area contributed by atoms with E-state index < -0.39 is 5.92 Å². The number of carbonyl (C=O) groups is 1. The van der Waals surface area contributed by atoms with Gasteiger partial charge in [0.2, 0.25) is 5.91 Å². The molecule has 0 radical (unpaired) electrons. The van der Waals surface area contributed by atoms with Crippen molar-refractivity contribution < 1.29 is 14.3 Å². The number of nitrogens with one attached hydrogen (secondary N) is 2. The first-order valence-electron chi connectivity index (χ1n) is 9.94. The predicted octanol–water partition coefficient (Wildman–Crippen LogP) is 3.56. The van der Waals surface area contributed by atoms with Gasteiger partial charge in [0.25, 0.3) is 5.56 Å². The molecular formula is C24H21N3O4S. The van der Waals surface area contributed by atoms with Gasteiger partial charge in [-0.05, 0) is 23.3 Å². The van der Waals surface area contributed by atoms with Crippen LogP contribution in [0, 0.1) is 12.3 Å². The van der Waals surface area contributed by atoms with E-state index >= 15 is 0 Å². The molecular weight excluding hydrogens is 426 g/mol. The largest absolute Gasteiger partial charge is 0.493 e. The Kier molecular flexibility index (Phi) is 6.47. The van der Waals surface area contributed by atoms with Gasteiger partial charge in [-0.1, -0.05) is 54.1 Å². The molecule has 2 aromatic carbocycles. The van der Waals surface area contributed by atoms with Gasteiger partial charge in [-0.3, -0.25) is 9.59 Å². The number of hydrogen-bond acceptors (Lipinski definition) is 6. The number of aromatic amines is 1. The highest BCUT2D eigenvalue weighted by molar-refractivity contribution is 7.98. The Hall–Kier alpha value is -3.70. The standard InChI is InChI=1S/C24H21N3O4S/c1-3-11-31-18-10-9-16(12-19(18)30-2)17-13-20(28)25-22-21(17)23(29)27-24(26-22)32-14-15-7-5-4-6-8-15/h1,4-10,12,17H,11,13-14H2,2H3,(H2,25,26,27,28,29)/t17-/m1/s1. The summed E-state index contributed by atoms with van der Waals surface area (Å²) >= 11 is 1.40. The molecule has 1 atom stereocenters. The van der Waals surface area contributed by atoms with Crippen LogP contribution in [0.15, 0.2) is 58.5 Å². The molecule has 1 amide bonds. The van der Waals surface area contributed by atoms with Crippen LogP contribution >= 0.6 is 11.8 Å². The molecule has 32 heavy (non-hydrogen) atoms. The summed E-state index contributed by atoms with van der Waals surface area (Å²) < 4.78 is 10.9. The maximum atomic E-state index is 13.0. The molecule has 8 heteroatoms. The summed E-state index contributed by atoms with van der Waals surface area (Å²) in [5.74, 6) is 3.66. The molecule has 3 aromatic rings. The second kappa shape index (κ2) is 9.62. The molecule has 1 aliphatic heterocycles. The number of H-pyrrole nitrogens is 1. The molecule has 0 unspecified atom stereocenters. The van der Waals surface area contributed by atoms with Crippen molar-refractivity contribution in [1.29, 1.82) is 0 Å². The number of benzene rings is 2. The van der Waals surface area contributed by atoms with Crippen LogP contribution in [-0.4, -0.2) is 29.6 Å². The first-order valence-corrected chi connectivity index (χ1v) is 10.9. The number of amides is 1. The molecule has 0 aliphatic carbocycles. The fourth-order valence-electron chi connectivity index (χ4n) is 3.57. The number of rotatable bonds is 7. The highest BCUT2D eigenvalue weighted by atomic mass is 32.2. The van der Waals surface area contributed by atoms with Gasteiger partial charge in [0.1, 0.15) is 12.4 Å². The van der Waals surface area contributed by atoms with Crippen molar-refractivity contribution in [3.63, 3.8) is 0 Å². The topological polar surface area (TPSA) is 93.3 Å². The molecule has 0 bridgehead atoms. The Morgan fingerprint density at radius 3 is 2.75 bits per heavy atom. The van der Waals surface area contributed by atoms with Crippen LogP contribution in [0.1, 0.15) is 29.0 Å². The third kappa shape index (κ3) is 4.63. The quantitative estimate of drug-likeness (QED) is 0.327. The molecule has 4 rings (SSSR count). The Morgan fingerprint density at radius 2 is 2.00 bits per heavy atom. The molecule has 2 N–H and O–H groups in total. The minimum Gasteiger partial charge on any atom is -0.493 e. The van der Waals surface area contributed by atoms with E-state index in [2.05, 4.69) is 21.2 Å². The molecule has 162 valence electrons. The van der Waals surface area contributed by atoms with Crippen molar-refractivity contribution in [3.05, 3.63) is 75.6 Å². The fraction of sp³-hybridized carbons (Fsp3) is 0.208. The number of fused-ring (bicyclic) bond motifs is 1. The van der Waals surface area contributed by atoms with Gasteiger partial charge in [0, 0.05) is 18.1 Å². The average molecular weight is 448 g/mol. The monoisotopic (exact) mass is 447 g/mol. The zero-order valence-electron chi connectivity index (χ0n) is 17.4. The van der Waals surface area contributed by atoms with Crippen molar-refractivity contribution >= 4 is 23.5 Å². The van der Waals surface area contributed by atoms with Crippen molar-refractivity contribution in [2.24, 2.45) is 0 Å². The summed E-state index contributed by atoms with van der Waals surface area (Å²) in [6.07, 6.45) is 5.39. The van der Waals surface area contributed by atoms with Crippen LogP contribution in [0.4, 0.5) is 5.82 Å². The summed E-state index contributed by atoms with van der Waals surface area (Å²) in [6.45, 7) is 0.109. The number of anilines is 1. The number of ether oxygens (including phenoxy) is 2. The minimum absolute atomic E-state index is 0.109. The highest BCUT2D eigenvalue weighted by Gasteiger charge is 2.31. The second-order valence-corrected chi connectivity index (χ2v) is 8.08. The lowest BCUT2D eigenvalue weighted by Crippen LogP contribution is -2.31. The van der Waals surface area contributed by atoms with E-state index in [1.807, 2.05) is 30.3 Å². The number of thioether (sulfide) groups is 1. The zero-order valence-corrected chi connectivity index (χ0v) is 18.2. The van der Waals surface area contributed by atoms with Gasteiger partial charge in [-0.25, -0.2) is 4.98 Å². The van der Waals surface area contributed by atoms with Gasteiger partial charge in [-0.15, -0.1) is 6.42 Å². The third-order valence-electron chi connectivity index (χ3n) is 5.05. The minimum atomic E-state index is -0.459. The number of hydrogen-bond donors (Lipinski definition) is 2. The van der Waals surface area contributed by atoms with E-state index in [1.165, 1.54) is 18.9 Å². The summed E-state index contributed by atoms with van der Waals surface area (Å²) in [7, 11) is 1.52. The summed E-state index contributed by atoms with van der Waals surface area (Å²) in [5, 5.41) is 3.20. The fourth-order valence-corrected chi connectivity index (χ4v) is 4.39. The highest BCUT2D eigenvalue weighted by Crippen LogP contribution is 2.38. The lowest BCUT2D eigenvalue weighted by atomic mass is 9.86. The van der Waals surface area contributed by atoms with E-state index in [1.54, 1.807) is 18.2 Å². The van der Waals surface area contributed by atoms with Gasteiger partial charge >= 0.3 is 0 Å². The maximum absolute atomic E-state index is 13.0. The lowest BCUT2D eigenvalue weighted by Gasteiger charge is -2.25. The zero-order chi connectivity index (χ0) is 22.5. The van der Waals surface area contributed by atoms with Crippen LogP contribution in [-0.2, 0) is 10.5 Å². The van der Waals surface area contributed by atoms with Crippen molar-refractivity contribution in [1.82, 2.24) is 9.97 Å². The Labute approximate surface area is 189 Å². The first-order chi connectivity index (χ1) is 15.6. The van der Waals surface area contributed by atoms with Crippen LogP contribution in [0.5, 0.6) is 11.5 Å². The summed E-state index contributed by atoms with van der Waals surface area (Å²) in [5.41, 5.74) is 2.01. The van der Waals surface area contributed by atoms with E-state index in [0.29, 0.717) is 28.0 Å². The van der Waals surface area contributed by atoms with Gasteiger partial charge < -0.3 is 19.8 Å². The molecule has 1 aromatic heterocycles. The Bertz CT molecular complexity index is 1230. The van der Waals surface area contributed by atoms with E-state index in [4.69, 9.17) is 15.9 Å². The summed E-state index contributed by atoms with van der Waals surface area (Å²) in [6, 6.07) is 15.2. The summed E-state index contributed by atoms with van der Waals surface area (Å²) in [4.78, 5) is 32.8. The molecule has 0 spiro atoms. The number of nitrogens with zero attached hydrogens (tertiary/aromatic N) is 1. The SMILES string of the molecule is C#CCOc1ccc([C@H]2CC(=O)Nc3nc(SCc4ccccc4)[nH]c(=O)c32)cc1OC. The molecule has 7 nitrogen and oxygen atoms in total. The number of carbonyl (C=O) groups excluding carboxylic acids is 1. The smallest absolute Gasteiger partial charge is 0.257 e. The lowest BCUT2D eigenvalue weighted by molar-refractivity contribution is -0.116. The van der Waals surface area contributed by atoms with Crippen LogP contribution in [0.2, 0.25) is 0 Å². The predicted molar refractivity (Wildman–Crippen MR) is 123 cm³/mol. The third-order valence-corrected chi connectivity index (χ3v) is 5.99. The second-order valence-electron chi connectivity index (χ2n) is 7.12. The number of aromatic nitrogens is 2. The van der Waals surface area contributed by atoms with Crippen molar-refractivity contribution in [2.75, 3.05) is 19.0 Å². The number of terminal acetylenes is 1. The van der Waals surface area contributed by atoms with Crippen molar-refractivity contribution in [3.8, 4) is 23.8 Å². The van der Waals surface area contributed by atoms with Gasteiger partial charge in [0.05, 0.1) is 12.7 Å². The average Bonchev–Trinajstić information content (AvgIpc) is 2.81. The Morgan fingerprint density at radius 1 is 1.19 bits per heavy atom. The van der Waals surface area contributed by atoms with Crippen molar-refractivity contribution in [2.45, 2.75) is 23.2 Å². The Balaban J connectivity index is 1.65. The van der Waals surface area contributed by atoms with Gasteiger partial charge in [-0.2, -0.15) is 0 Å². The molecule has 1 aliphatic rings. The van der Waals surface area contributed by atoms with Crippen LogP contribution < -0.4 is 20.3 Å².